The lowest BCUT2D eigenvalue weighted by atomic mass is 10.2. The van der Waals surface area contributed by atoms with Crippen molar-refractivity contribution < 1.29 is 4.79 Å². The van der Waals surface area contributed by atoms with Crippen LogP contribution in [0.1, 0.15) is 15.9 Å². The summed E-state index contributed by atoms with van der Waals surface area (Å²) in [4.78, 5) is 17.8. The number of hydrogen-bond donors (Lipinski definition) is 0. The maximum Gasteiger partial charge on any atom is 0.256 e. The van der Waals surface area contributed by atoms with Gasteiger partial charge >= 0.3 is 0 Å². The van der Waals surface area contributed by atoms with Crippen LogP contribution in [0.5, 0.6) is 0 Å². The largest absolute Gasteiger partial charge is 0.341 e. The molecule has 1 amide bonds. The smallest absolute Gasteiger partial charge is 0.256 e. The van der Waals surface area contributed by atoms with Crippen molar-refractivity contribution in [2.75, 3.05) is 13.6 Å². The van der Waals surface area contributed by atoms with E-state index in [4.69, 9.17) is 23.2 Å². The number of aromatic nitrogens is 3. The molecule has 2 rings (SSSR count). The summed E-state index contributed by atoms with van der Waals surface area (Å²) >= 11 is 11.6. The second kappa shape index (κ2) is 6.63. The van der Waals surface area contributed by atoms with Crippen molar-refractivity contribution in [1.82, 2.24) is 20.1 Å². The topological polar surface area (TPSA) is 59.0 Å². The highest BCUT2D eigenvalue weighted by Crippen LogP contribution is 2.17. The number of carbonyl (C=O) groups is 1. The SMILES string of the molecule is CN(CCc1ccncc1)C(=O)c1cc(Cl)nnc1Cl. The summed E-state index contributed by atoms with van der Waals surface area (Å²) in [5.41, 5.74) is 1.36. The van der Waals surface area contributed by atoms with Crippen molar-refractivity contribution in [1.29, 1.82) is 0 Å². The molecule has 7 heteroatoms. The first-order valence-electron chi connectivity index (χ1n) is 5.91. The van der Waals surface area contributed by atoms with E-state index < -0.39 is 0 Å². The zero-order valence-corrected chi connectivity index (χ0v) is 12.3. The van der Waals surface area contributed by atoms with E-state index in [-0.39, 0.29) is 21.8 Å². The first-order chi connectivity index (χ1) is 9.58. The van der Waals surface area contributed by atoms with Crippen LogP contribution in [0.2, 0.25) is 10.3 Å². The van der Waals surface area contributed by atoms with E-state index in [1.807, 2.05) is 12.1 Å². The van der Waals surface area contributed by atoms with E-state index in [9.17, 15) is 4.79 Å². The van der Waals surface area contributed by atoms with Crippen LogP contribution in [0.3, 0.4) is 0 Å². The average Bonchev–Trinajstić information content (AvgIpc) is 2.47. The molecule has 0 aliphatic rings. The zero-order valence-electron chi connectivity index (χ0n) is 10.8. The highest BCUT2D eigenvalue weighted by atomic mass is 35.5. The molecule has 104 valence electrons. The molecule has 0 fully saturated rings. The number of likely N-dealkylation sites (N-methyl/N-ethyl adjacent to an activating group) is 1. The van der Waals surface area contributed by atoms with E-state index in [0.717, 1.165) is 12.0 Å². The van der Waals surface area contributed by atoms with Crippen LogP contribution in [0, 0.1) is 0 Å². The molecule has 0 radical (unpaired) electrons. The minimum Gasteiger partial charge on any atom is -0.341 e. The molecule has 0 aliphatic carbocycles. The van der Waals surface area contributed by atoms with E-state index >= 15 is 0 Å². The second-order valence-electron chi connectivity index (χ2n) is 4.20. The molecular formula is C13H12Cl2N4O. The van der Waals surface area contributed by atoms with E-state index in [0.29, 0.717) is 6.54 Å². The van der Waals surface area contributed by atoms with Gasteiger partial charge in [0.1, 0.15) is 0 Å². The highest BCUT2D eigenvalue weighted by Gasteiger charge is 2.17. The number of rotatable bonds is 4. The van der Waals surface area contributed by atoms with Crippen molar-refractivity contribution in [2.24, 2.45) is 0 Å². The van der Waals surface area contributed by atoms with Gasteiger partial charge in [0.15, 0.2) is 10.3 Å². The van der Waals surface area contributed by atoms with Gasteiger partial charge in [-0.15, -0.1) is 10.2 Å². The molecule has 5 nitrogen and oxygen atoms in total. The van der Waals surface area contributed by atoms with Crippen LogP contribution in [0.25, 0.3) is 0 Å². The van der Waals surface area contributed by atoms with Crippen molar-refractivity contribution in [3.63, 3.8) is 0 Å². The summed E-state index contributed by atoms with van der Waals surface area (Å²) in [5.74, 6) is -0.235. The maximum atomic E-state index is 12.2. The second-order valence-corrected chi connectivity index (χ2v) is 4.95. The monoisotopic (exact) mass is 310 g/mol. The van der Waals surface area contributed by atoms with Gasteiger partial charge in [-0.1, -0.05) is 23.2 Å². The van der Waals surface area contributed by atoms with Gasteiger partial charge in [-0.3, -0.25) is 9.78 Å². The van der Waals surface area contributed by atoms with Crippen LogP contribution in [-0.2, 0) is 6.42 Å². The quantitative estimate of drug-likeness (QED) is 0.870. The summed E-state index contributed by atoms with van der Waals surface area (Å²) < 4.78 is 0. The molecule has 0 spiro atoms. The van der Waals surface area contributed by atoms with Gasteiger partial charge in [-0.05, 0) is 30.2 Å². The lowest BCUT2D eigenvalue weighted by Crippen LogP contribution is -2.29. The number of hydrogen-bond acceptors (Lipinski definition) is 4. The Morgan fingerprint density at radius 2 is 1.95 bits per heavy atom. The molecule has 0 aliphatic heterocycles. The van der Waals surface area contributed by atoms with E-state index in [2.05, 4.69) is 15.2 Å². The maximum absolute atomic E-state index is 12.2. The first kappa shape index (κ1) is 14.7. The van der Waals surface area contributed by atoms with Gasteiger partial charge in [-0.25, -0.2) is 0 Å². The molecule has 0 bridgehead atoms. The highest BCUT2D eigenvalue weighted by molar-refractivity contribution is 6.34. The Morgan fingerprint density at radius 3 is 2.65 bits per heavy atom. The third kappa shape index (κ3) is 3.65. The van der Waals surface area contributed by atoms with Gasteiger partial charge < -0.3 is 4.90 Å². The Morgan fingerprint density at radius 1 is 1.25 bits per heavy atom. The first-order valence-corrected chi connectivity index (χ1v) is 6.66. The van der Waals surface area contributed by atoms with Gasteiger partial charge in [0.25, 0.3) is 5.91 Å². The Bertz CT molecular complexity index is 607. The van der Waals surface area contributed by atoms with Gasteiger partial charge in [0.2, 0.25) is 0 Å². The molecule has 0 saturated carbocycles. The third-order valence-corrected chi connectivity index (χ3v) is 3.25. The molecule has 2 heterocycles. The standard InChI is InChI=1S/C13H12Cl2N4O/c1-19(7-4-9-2-5-16-6-3-9)13(20)10-8-11(14)17-18-12(10)15/h2-3,5-6,8H,4,7H2,1H3. The number of halogens is 2. The molecule has 2 aromatic rings. The average molecular weight is 311 g/mol. The molecule has 0 N–H and O–H groups in total. The van der Waals surface area contributed by atoms with Crippen LogP contribution in [0.15, 0.2) is 30.6 Å². The fourth-order valence-electron chi connectivity index (χ4n) is 1.66. The number of nitrogens with zero attached hydrogens (tertiary/aromatic N) is 4. The van der Waals surface area contributed by atoms with Crippen LogP contribution >= 0.6 is 23.2 Å². The fraction of sp³-hybridized carbons (Fsp3) is 0.231. The van der Waals surface area contributed by atoms with Crippen molar-refractivity contribution >= 4 is 29.1 Å². The van der Waals surface area contributed by atoms with Crippen molar-refractivity contribution in [3.8, 4) is 0 Å². The molecule has 0 aromatic carbocycles. The Kier molecular flexibility index (Phi) is 4.87. The summed E-state index contributed by atoms with van der Waals surface area (Å²) in [5, 5.41) is 7.40. The lowest BCUT2D eigenvalue weighted by molar-refractivity contribution is 0.0796. The van der Waals surface area contributed by atoms with Gasteiger partial charge in [0, 0.05) is 26.0 Å². The molecule has 0 saturated heterocycles. The summed E-state index contributed by atoms with van der Waals surface area (Å²) in [6.07, 6.45) is 4.18. The molecule has 2 aromatic heterocycles. The lowest BCUT2D eigenvalue weighted by Gasteiger charge is -2.17. The predicted octanol–water partition coefficient (Wildman–Crippen LogP) is 2.49. The predicted molar refractivity (Wildman–Crippen MR) is 77.0 cm³/mol. The normalized spacial score (nSPS) is 10.3. The number of amides is 1. The minimum absolute atomic E-state index is 0.0511. The van der Waals surface area contributed by atoms with E-state index in [1.54, 1.807) is 24.3 Å². The Hall–Kier alpha value is -1.72. The zero-order chi connectivity index (χ0) is 14.5. The molecular weight excluding hydrogens is 299 g/mol. The van der Waals surface area contributed by atoms with Crippen molar-refractivity contribution in [3.05, 3.63) is 52.0 Å². The number of carbonyl (C=O) groups excluding carboxylic acids is 1. The minimum atomic E-state index is -0.235. The van der Waals surface area contributed by atoms with Crippen LogP contribution < -0.4 is 0 Å². The Labute approximate surface area is 126 Å². The van der Waals surface area contributed by atoms with Gasteiger partial charge in [-0.2, -0.15) is 0 Å². The Balaban J connectivity index is 2.03. The number of pyridine rings is 1. The summed E-state index contributed by atoms with van der Waals surface area (Å²) in [6, 6.07) is 5.24. The van der Waals surface area contributed by atoms with Crippen LogP contribution in [0.4, 0.5) is 0 Å². The summed E-state index contributed by atoms with van der Waals surface area (Å²) in [6.45, 7) is 0.555. The third-order valence-electron chi connectivity index (χ3n) is 2.78. The van der Waals surface area contributed by atoms with Gasteiger partial charge in [0.05, 0.1) is 5.56 Å². The van der Waals surface area contributed by atoms with Crippen LogP contribution in [-0.4, -0.2) is 39.6 Å². The molecule has 20 heavy (non-hydrogen) atoms. The fourth-order valence-corrected chi connectivity index (χ4v) is 1.98. The van der Waals surface area contributed by atoms with E-state index in [1.165, 1.54) is 6.07 Å². The summed E-state index contributed by atoms with van der Waals surface area (Å²) in [7, 11) is 1.70. The molecule has 0 unspecified atom stereocenters. The van der Waals surface area contributed by atoms with Crippen molar-refractivity contribution in [2.45, 2.75) is 6.42 Å². The molecule has 0 atom stereocenters.